The van der Waals surface area contributed by atoms with Crippen molar-refractivity contribution in [1.82, 2.24) is 15.3 Å². The first-order chi connectivity index (χ1) is 9.28. The van der Waals surface area contributed by atoms with Crippen LogP contribution >= 0.6 is 0 Å². The molecular weight excluding hydrogens is 245 g/mol. The number of halogens is 1. The van der Waals surface area contributed by atoms with Gasteiger partial charge in [-0.2, -0.15) is 0 Å². The SMILES string of the molecule is CCCNC1COCC1c1nc2ccc(F)cc2[nH]1. The fraction of sp³-hybridized carbons (Fsp3) is 0.500. The lowest BCUT2D eigenvalue weighted by molar-refractivity contribution is 0.187. The summed E-state index contributed by atoms with van der Waals surface area (Å²) in [6.45, 7) is 4.47. The number of imidazole rings is 1. The lowest BCUT2D eigenvalue weighted by atomic mass is 10.0. The molecule has 0 bridgehead atoms. The standard InChI is InChI=1S/C14H18FN3O/c1-2-5-16-13-8-19-7-10(13)14-17-11-4-3-9(15)6-12(11)18-14/h3-4,6,10,13,16H,2,5,7-8H2,1H3,(H,17,18). The van der Waals surface area contributed by atoms with Crippen molar-refractivity contribution in [3.05, 3.63) is 29.8 Å². The summed E-state index contributed by atoms with van der Waals surface area (Å²) in [5.74, 6) is 0.847. The van der Waals surface area contributed by atoms with Crippen molar-refractivity contribution in [1.29, 1.82) is 0 Å². The lowest BCUT2D eigenvalue weighted by Crippen LogP contribution is -2.35. The molecule has 1 aliphatic heterocycles. The van der Waals surface area contributed by atoms with Gasteiger partial charge in [-0.3, -0.25) is 0 Å². The van der Waals surface area contributed by atoms with E-state index in [9.17, 15) is 4.39 Å². The second-order valence-electron chi connectivity index (χ2n) is 4.99. The third-order valence-corrected chi connectivity index (χ3v) is 3.55. The third-order valence-electron chi connectivity index (χ3n) is 3.55. The summed E-state index contributed by atoms with van der Waals surface area (Å²) in [4.78, 5) is 7.77. The average Bonchev–Trinajstić information content (AvgIpc) is 3.01. The maximum Gasteiger partial charge on any atom is 0.125 e. The van der Waals surface area contributed by atoms with Gasteiger partial charge in [0.05, 0.1) is 30.2 Å². The number of aromatic nitrogens is 2. The van der Waals surface area contributed by atoms with Crippen molar-refractivity contribution in [2.24, 2.45) is 0 Å². The molecule has 2 unspecified atom stereocenters. The Balaban J connectivity index is 1.86. The van der Waals surface area contributed by atoms with Gasteiger partial charge in [-0.05, 0) is 31.2 Å². The van der Waals surface area contributed by atoms with Gasteiger partial charge in [-0.15, -0.1) is 0 Å². The average molecular weight is 263 g/mol. The highest BCUT2D eigenvalue weighted by Gasteiger charge is 2.31. The molecule has 1 aromatic carbocycles. The first-order valence-corrected chi connectivity index (χ1v) is 6.74. The van der Waals surface area contributed by atoms with Crippen LogP contribution in [0.3, 0.4) is 0 Å². The number of benzene rings is 1. The van der Waals surface area contributed by atoms with Gasteiger partial charge >= 0.3 is 0 Å². The van der Waals surface area contributed by atoms with E-state index >= 15 is 0 Å². The Labute approximate surface area is 111 Å². The van der Waals surface area contributed by atoms with Crippen LogP contribution in [0.1, 0.15) is 25.1 Å². The van der Waals surface area contributed by atoms with Crippen molar-refractivity contribution >= 4 is 11.0 Å². The lowest BCUT2D eigenvalue weighted by Gasteiger charge is -2.16. The van der Waals surface area contributed by atoms with Crippen molar-refractivity contribution in [3.63, 3.8) is 0 Å². The molecule has 1 saturated heterocycles. The number of rotatable bonds is 4. The molecule has 5 heteroatoms. The van der Waals surface area contributed by atoms with Crippen LogP contribution in [0, 0.1) is 5.82 Å². The Morgan fingerprint density at radius 1 is 1.47 bits per heavy atom. The second kappa shape index (κ2) is 5.27. The van der Waals surface area contributed by atoms with Gasteiger partial charge in [0.15, 0.2) is 0 Å². The summed E-state index contributed by atoms with van der Waals surface area (Å²) < 4.78 is 18.7. The van der Waals surface area contributed by atoms with E-state index in [0.29, 0.717) is 13.2 Å². The highest BCUT2D eigenvalue weighted by molar-refractivity contribution is 5.75. The zero-order valence-electron chi connectivity index (χ0n) is 10.9. The number of nitrogens with one attached hydrogen (secondary N) is 2. The summed E-state index contributed by atoms with van der Waals surface area (Å²) in [6, 6.07) is 4.90. The topological polar surface area (TPSA) is 49.9 Å². The van der Waals surface area contributed by atoms with Crippen molar-refractivity contribution < 1.29 is 9.13 Å². The van der Waals surface area contributed by atoms with Crippen molar-refractivity contribution in [2.75, 3.05) is 19.8 Å². The number of nitrogens with zero attached hydrogens (tertiary/aromatic N) is 1. The molecule has 0 spiro atoms. The van der Waals surface area contributed by atoms with Crippen LogP contribution in [-0.4, -0.2) is 35.8 Å². The highest BCUT2D eigenvalue weighted by Crippen LogP contribution is 2.26. The molecule has 2 atom stereocenters. The van der Waals surface area contributed by atoms with Gasteiger partial charge in [0, 0.05) is 6.04 Å². The summed E-state index contributed by atoms with van der Waals surface area (Å²) in [6.07, 6.45) is 1.09. The monoisotopic (exact) mass is 263 g/mol. The van der Waals surface area contributed by atoms with Crippen LogP contribution in [0.5, 0.6) is 0 Å². The number of aromatic amines is 1. The van der Waals surface area contributed by atoms with Crippen LogP contribution in [0.15, 0.2) is 18.2 Å². The predicted molar refractivity (Wildman–Crippen MR) is 71.7 cm³/mol. The number of ether oxygens (including phenoxy) is 1. The Morgan fingerprint density at radius 3 is 3.21 bits per heavy atom. The summed E-state index contributed by atoms with van der Waals surface area (Å²) in [7, 11) is 0. The molecule has 102 valence electrons. The minimum atomic E-state index is -0.244. The summed E-state index contributed by atoms with van der Waals surface area (Å²) in [5.41, 5.74) is 1.55. The fourth-order valence-electron chi connectivity index (χ4n) is 2.53. The highest BCUT2D eigenvalue weighted by atomic mass is 19.1. The molecule has 2 heterocycles. The van der Waals surface area contributed by atoms with Crippen molar-refractivity contribution in [3.8, 4) is 0 Å². The molecule has 0 saturated carbocycles. The van der Waals surface area contributed by atoms with Gasteiger partial charge in [0.25, 0.3) is 0 Å². The van der Waals surface area contributed by atoms with Gasteiger partial charge in [0.1, 0.15) is 11.6 Å². The van der Waals surface area contributed by atoms with E-state index in [4.69, 9.17) is 4.74 Å². The molecule has 0 amide bonds. The summed E-state index contributed by atoms with van der Waals surface area (Å²) >= 11 is 0. The molecule has 0 aliphatic carbocycles. The number of H-pyrrole nitrogens is 1. The maximum atomic E-state index is 13.2. The molecule has 1 fully saturated rings. The van der Waals surface area contributed by atoms with E-state index < -0.39 is 0 Å². The van der Waals surface area contributed by atoms with Crippen molar-refractivity contribution in [2.45, 2.75) is 25.3 Å². The normalized spacial score (nSPS) is 23.3. The number of hydrogen-bond donors (Lipinski definition) is 2. The van der Waals surface area contributed by atoms with E-state index in [1.165, 1.54) is 12.1 Å². The van der Waals surface area contributed by atoms with Gasteiger partial charge in [-0.25, -0.2) is 9.37 Å². The van der Waals surface area contributed by atoms with Gasteiger partial charge in [-0.1, -0.05) is 6.92 Å². The van der Waals surface area contributed by atoms with Crippen LogP contribution < -0.4 is 5.32 Å². The van der Waals surface area contributed by atoms with Crippen LogP contribution in [0.25, 0.3) is 11.0 Å². The van der Waals surface area contributed by atoms with E-state index in [1.54, 1.807) is 6.07 Å². The zero-order valence-corrected chi connectivity index (χ0v) is 10.9. The molecule has 1 aromatic heterocycles. The molecule has 1 aliphatic rings. The smallest absolute Gasteiger partial charge is 0.125 e. The molecule has 0 radical (unpaired) electrons. The van der Waals surface area contributed by atoms with E-state index in [0.717, 1.165) is 29.8 Å². The first kappa shape index (κ1) is 12.6. The maximum absolute atomic E-state index is 13.2. The Kier molecular flexibility index (Phi) is 3.48. The first-order valence-electron chi connectivity index (χ1n) is 6.74. The molecule has 4 nitrogen and oxygen atoms in total. The molecule has 2 N–H and O–H groups in total. The minimum absolute atomic E-state index is 0.210. The molecule has 3 rings (SSSR count). The van der Waals surface area contributed by atoms with Crippen LogP contribution in [-0.2, 0) is 4.74 Å². The third kappa shape index (κ3) is 2.48. The molecular formula is C14H18FN3O. The van der Waals surface area contributed by atoms with E-state index in [-0.39, 0.29) is 17.8 Å². The summed E-state index contributed by atoms with van der Waals surface area (Å²) in [5, 5.41) is 3.48. The van der Waals surface area contributed by atoms with Gasteiger partial charge in [0.2, 0.25) is 0 Å². The van der Waals surface area contributed by atoms with Crippen LogP contribution in [0.4, 0.5) is 4.39 Å². The van der Waals surface area contributed by atoms with Crippen LogP contribution in [0.2, 0.25) is 0 Å². The Hall–Kier alpha value is -1.46. The Bertz CT molecular complexity index is 569. The molecule has 2 aromatic rings. The van der Waals surface area contributed by atoms with E-state index in [1.807, 2.05) is 0 Å². The Morgan fingerprint density at radius 2 is 2.37 bits per heavy atom. The minimum Gasteiger partial charge on any atom is -0.379 e. The van der Waals surface area contributed by atoms with E-state index in [2.05, 4.69) is 22.2 Å². The number of hydrogen-bond acceptors (Lipinski definition) is 3. The largest absolute Gasteiger partial charge is 0.379 e. The second-order valence-corrected chi connectivity index (χ2v) is 4.99. The quantitative estimate of drug-likeness (QED) is 0.889. The predicted octanol–water partition coefficient (Wildman–Crippen LogP) is 2.18. The number of fused-ring (bicyclic) bond motifs is 1. The molecule has 19 heavy (non-hydrogen) atoms. The zero-order chi connectivity index (χ0) is 13.2. The fourth-order valence-corrected chi connectivity index (χ4v) is 2.53. The van der Waals surface area contributed by atoms with Gasteiger partial charge < -0.3 is 15.0 Å².